The molecule has 0 spiro atoms. The summed E-state index contributed by atoms with van der Waals surface area (Å²) in [6, 6.07) is 0. The molecular weight excluding hydrogens is 174 g/mol. The lowest BCUT2D eigenvalue weighted by molar-refractivity contribution is -0.133. The van der Waals surface area contributed by atoms with Gasteiger partial charge in [0.25, 0.3) is 0 Å². The van der Waals surface area contributed by atoms with Gasteiger partial charge in [-0.3, -0.25) is 4.79 Å². The second-order valence-electron chi connectivity index (χ2n) is 5.20. The molecule has 14 heavy (non-hydrogen) atoms. The van der Waals surface area contributed by atoms with Crippen molar-refractivity contribution < 1.29 is 4.79 Å². The van der Waals surface area contributed by atoms with Crippen molar-refractivity contribution in [3.63, 3.8) is 0 Å². The molecule has 0 aromatic rings. The molecular formula is C12H23NO. The molecule has 2 nitrogen and oxygen atoms in total. The minimum absolute atomic E-state index is 0.122. The van der Waals surface area contributed by atoms with Gasteiger partial charge in [-0.05, 0) is 32.9 Å². The quantitative estimate of drug-likeness (QED) is 0.692. The van der Waals surface area contributed by atoms with Gasteiger partial charge in [-0.1, -0.05) is 20.8 Å². The Kier molecular flexibility index (Phi) is 3.71. The lowest BCUT2D eigenvalue weighted by atomic mass is 9.77. The zero-order valence-corrected chi connectivity index (χ0v) is 9.97. The van der Waals surface area contributed by atoms with E-state index in [1.54, 1.807) is 0 Å². The fourth-order valence-corrected chi connectivity index (χ4v) is 2.11. The average molecular weight is 197 g/mol. The number of hydrogen-bond acceptors (Lipinski definition) is 2. The second-order valence-corrected chi connectivity index (χ2v) is 5.20. The third-order valence-electron chi connectivity index (χ3n) is 3.55. The summed E-state index contributed by atoms with van der Waals surface area (Å²) in [4.78, 5) is 14.4. The summed E-state index contributed by atoms with van der Waals surface area (Å²) in [5.74, 6) is 0.746. The Bertz CT molecular complexity index is 210. The first-order valence-electron chi connectivity index (χ1n) is 5.70. The maximum atomic E-state index is 12.2. The van der Waals surface area contributed by atoms with E-state index in [9.17, 15) is 4.79 Å². The highest BCUT2D eigenvalue weighted by Gasteiger charge is 2.33. The van der Waals surface area contributed by atoms with Crippen LogP contribution in [0, 0.1) is 11.3 Å². The number of carbonyl (C=O) groups is 1. The molecule has 0 amide bonds. The maximum absolute atomic E-state index is 12.2. The van der Waals surface area contributed by atoms with Crippen LogP contribution in [0.2, 0.25) is 0 Å². The van der Waals surface area contributed by atoms with Gasteiger partial charge >= 0.3 is 0 Å². The molecule has 0 N–H and O–H groups in total. The molecule has 1 aliphatic rings. The van der Waals surface area contributed by atoms with Gasteiger partial charge in [0.05, 0.1) is 0 Å². The fraction of sp³-hybridized carbons (Fsp3) is 0.917. The Hall–Kier alpha value is -0.370. The van der Waals surface area contributed by atoms with Crippen LogP contribution >= 0.6 is 0 Å². The highest BCUT2D eigenvalue weighted by molar-refractivity contribution is 5.86. The molecule has 0 aromatic heterocycles. The molecule has 0 bridgehead atoms. The lowest BCUT2D eigenvalue weighted by Gasteiger charge is -2.33. The summed E-state index contributed by atoms with van der Waals surface area (Å²) in [6.45, 7) is 8.36. The van der Waals surface area contributed by atoms with Crippen molar-refractivity contribution >= 4 is 5.78 Å². The normalized spacial score (nSPS) is 25.0. The molecule has 82 valence electrons. The number of likely N-dealkylation sites (tertiary alicyclic amines) is 1. The number of piperidine rings is 1. The van der Waals surface area contributed by atoms with Crippen LogP contribution in [-0.2, 0) is 4.79 Å². The predicted molar refractivity (Wildman–Crippen MR) is 59.3 cm³/mol. The van der Waals surface area contributed by atoms with Gasteiger partial charge in [0, 0.05) is 17.9 Å². The number of rotatable bonds is 3. The van der Waals surface area contributed by atoms with E-state index in [0.717, 1.165) is 25.9 Å². The highest BCUT2D eigenvalue weighted by atomic mass is 16.1. The number of nitrogens with zero attached hydrogens (tertiary/aromatic N) is 1. The SMILES string of the molecule is CCC(C)(C)C(=O)C1CCCN(C)C1. The highest BCUT2D eigenvalue weighted by Crippen LogP contribution is 2.29. The first-order valence-corrected chi connectivity index (χ1v) is 5.70. The Morgan fingerprint density at radius 2 is 2.14 bits per heavy atom. The summed E-state index contributed by atoms with van der Waals surface area (Å²) >= 11 is 0. The van der Waals surface area contributed by atoms with Crippen molar-refractivity contribution in [2.45, 2.75) is 40.0 Å². The first-order chi connectivity index (χ1) is 6.47. The van der Waals surface area contributed by atoms with E-state index in [4.69, 9.17) is 0 Å². The van der Waals surface area contributed by atoms with Gasteiger partial charge in [0.2, 0.25) is 0 Å². The number of hydrogen-bond donors (Lipinski definition) is 0. The van der Waals surface area contributed by atoms with Crippen molar-refractivity contribution in [2.24, 2.45) is 11.3 Å². The first kappa shape index (κ1) is 11.7. The van der Waals surface area contributed by atoms with Crippen LogP contribution in [0.5, 0.6) is 0 Å². The van der Waals surface area contributed by atoms with Crippen LogP contribution in [0.15, 0.2) is 0 Å². The van der Waals surface area contributed by atoms with Crippen LogP contribution < -0.4 is 0 Å². The van der Waals surface area contributed by atoms with Gasteiger partial charge in [-0.25, -0.2) is 0 Å². The molecule has 0 radical (unpaired) electrons. The Labute approximate surface area is 87.7 Å². The second kappa shape index (κ2) is 4.43. The van der Waals surface area contributed by atoms with Crippen LogP contribution in [0.25, 0.3) is 0 Å². The standard InChI is InChI=1S/C12H23NO/c1-5-12(2,3)11(14)10-7-6-8-13(4)9-10/h10H,5-9H2,1-4H3. The van der Waals surface area contributed by atoms with Crippen molar-refractivity contribution in [3.05, 3.63) is 0 Å². The molecule has 1 unspecified atom stereocenters. The lowest BCUT2D eigenvalue weighted by Crippen LogP contribution is -2.41. The van der Waals surface area contributed by atoms with Gasteiger partial charge in [-0.2, -0.15) is 0 Å². The summed E-state index contributed by atoms with van der Waals surface area (Å²) in [5.41, 5.74) is -0.122. The molecule has 1 aliphatic heterocycles. The smallest absolute Gasteiger partial charge is 0.142 e. The zero-order chi connectivity index (χ0) is 10.8. The van der Waals surface area contributed by atoms with Crippen molar-refractivity contribution in [1.29, 1.82) is 0 Å². The van der Waals surface area contributed by atoms with Gasteiger partial charge < -0.3 is 4.90 Å². The molecule has 1 atom stereocenters. The van der Waals surface area contributed by atoms with E-state index < -0.39 is 0 Å². The molecule has 1 heterocycles. The summed E-state index contributed by atoms with van der Waals surface area (Å²) in [7, 11) is 2.11. The molecule has 0 aromatic carbocycles. The average Bonchev–Trinajstić information content (AvgIpc) is 2.16. The third kappa shape index (κ3) is 2.57. The Balaban J connectivity index is 2.60. The van der Waals surface area contributed by atoms with Crippen molar-refractivity contribution in [3.8, 4) is 0 Å². The number of Topliss-reactive ketones (excluding diaryl/α,β-unsaturated/α-hetero) is 1. The van der Waals surface area contributed by atoms with Crippen LogP contribution in [0.3, 0.4) is 0 Å². The molecule has 0 aliphatic carbocycles. The van der Waals surface area contributed by atoms with E-state index in [1.165, 1.54) is 6.42 Å². The van der Waals surface area contributed by atoms with Crippen LogP contribution in [0.1, 0.15) is 40.0 Å². The third-order valence-corrected chi connectivity index (χ3v) is 3.55. The molecule has 2 heteroatoms. The predicted octanol–water partition coefficient (Wildman–Crippen LogP) is 2.33. The van der Waals surface area contributed by atoms with Crippen LogP contribution in [-0.4, -0.2) is 30.8 Å². The minimum Gasteiger partial charge on any atom is -0.306 e. The maximum Gasteiger partial charge on any atom is 0.142 e. The Morgan fingerprint density at radius 3 is 2.64 bits per heavy atom. The summed E-state index contributed by atoms with van der Waals surface area (Å²) in [6.07, 6.45) is 3.21. The van der Waals surface area contributed by atoms with E-state index in [-0.39, 0.29) is 11.3 Å². The van der Waals surface area contributed by atoms with E-state index in [2.05, 4.69) is 32.7 Å². The van der Waals surface area contributed by atoms with Crippen molar-refractivity contribution in [1.82, 2.24) is 4.90 Å². The molecule has 1 rings (SSSR count). The van der Waals surface area contributed by atoms with Gasteiger partial charge in [0.1, 0.15) is 5.78 Å². The topological polar surface area (TPSA) is 20.3 Å². The molecule has 0 saturated carbocycles. The van der Waals surface area contributed by atoms with E-state index >= 15 is 0 Å². The molecule has 1 fully saturated rings. The fourth-order valence-electron chi connectivity index (χ4n) is 2.11. The molecule has 1 saturated heterocycles. The van der Waals surface area contributed by atoms with Gasteiger partial charge in [0.15, 0.2) is 0 Å². The number of carbonyl (C=O) groups excluding carboxylic acids is 1. The van der Waals surface area contributed by atoms with E-state index in [0.29, 0.717) is 5.78 Å². The monoisotopic (exact) mass is 197 g/mol. The summed E-state index contributed by atoms with van der Waals surface area (Å²) < 4.78 is 0. The summed E-state index contributed by atoms with van der Waals surface area (Å²) in [5, 5.41) is 0. The van der Waals surface area contributed by atoms with E-state index in [1.807, 2.05) is 0 Å². The van der Waals surface area contributed by atoms with Crippen molar-refractivity contribution in [2.75, 3.05) is 20.1 Å². The zero-order valence-electron chi connectivity index (χ0n) is 9.97. The van der Waals surface area contributed by atoms with Gasteiger partial charge in [-0.15, -0.1) is 0 Å². The van der Waals surface area contributed by atoms with Crippen LogP contribution in [0.4, 0.5) is 0 Å². The Morgan fingerprint density at radius 1 is 1.50 bits per heavy atom. The minimum atomic E-state index is -0.122. The largest absolute Gasteiger partial charge is 0.306 e. The number of ketones is 1.